The number of ether oxygens (including phenoxy) is 2. The van der Waals surface area contributed by atoms with Gasteiger partial charge in [-0.2, -0.15) is 5.26 Å². The Morgan fingerprint density at radius 1 is 1.19 bits per heavy atom. The van der Waals surface area contributed by atoms with E-state index in [1.807, 2.05) is 6.92 Å². The zero-order chi connectivity index (χ0) is 12.1. The highest BCUT2D eigenvalue weighted by Gasteiger charge is 2.12. The van der Waals surface area contributed by atoms with Crippen molar-refractivity contribution in [1.82, 2.24) is 0 Å². The van der Waals surface area contributed by atoms with Gasteiger partial charge in [0.15, 0.2) is 11.5 Å². The van der Waals surface area contributed by atoms with Crippen LogP contribution in [0.3, 0.4) is 0 Å². The van der Waals surface area contributed by atoms with Gasteiger partial charge in [-0.05, 0) is 25.0 Å². The third kappa shape index (κ3) is 2.90. The van der Waals surface area contributed by atoms with Crippen molar-refractivity contribution in [2.75, 3.05) is 7.11 Å². The number of methoxy groups -OCH3 is 1. The molecule has 1 unspecified atom stereocenters. The fourth-order valence-corrected chi connectivity index (χ4v) is 1.17. The second kappa shape index (κ2) is 5.41. The van der Waals surface area contributed by atoms with Crippen molar-refractivity contribution in [2.45, 2.75) is 26.9 Å². The maximum absolute atomic E-state index is 8.82. The van der Waals surface area contributed by atoms with Gasteiger partial charge < -0.3 is 9.47 Å². The Hall–Kier alpha value is -1.69. The first-order valence-corrected chi connectivity index (χ1v) is 5.33. The Morgan fingerprint density at radius 3 is 2.38 bits per heavy atom. The van der Waals surface area contributed by atoms with Gasteiger partial charge in [0.1, 0.15) is 0 Å². The van der Waals surface area contributed by atoms with Crippen LogP contribution in [0.5, 0.6) is 11.5 Å². The molecule has 16 heavy (non-hydrogen) atoms. The van der Waals surface area contributed by atoms with Crippen LogP contribution in [0.4, 0.5) is 0 Å². The zero-order valence-corrected chi connectivity index (χ0v) is 10.2. The molecule has 0 amide bonds. The van der Waals surface area contributed by atoms with Crippen LogP contribution in [-0.4, -0.2) is 13.2 Å². The summed E-state index contributed by atoms with van der Waals surface area (Å²) in [7, 11) is 1.59. The molecule has 1 aromatic rings. The van der Waals surface area contributed by atoms with Crippen molar-refractivity contribution < 1.29 is 9.47 Å². The summed E-state index contributed by atoms with van der Waals surface area (Å²) in [5.74, 6) is 1.70. The van der Waals surface area contributed by atoms with Gasteiger partial charge in [-0.25, -0.2) is 0 Å². The van der Waals surface area contributed by atoms with E-state index in [4.69, 9.17) is 14.7 Å². The van der Waals surface area contributed by atoms with Gasteiger partial charge in [-0.1, -0.05) is 13.8 Å². The number of nitriles is 1. The van der Waals surface area contributed by atoms with Crippen molar-refractivity contribution in [2.24, 2.45) is 5.92 Å². The molecule has 0 saturated heterocycles. The molecule has 0 aliphatic heterocycles. The number of nitrogens with zero attached hydrogens (tertiary/aromatic N) is 1. The van der Waals surface area contributed by atoms with Crippen molar-refractivity contribution >= 4 is 0 Å². The largest absolute Gasteiger partial charge is 0.493 e. The average Bonchev–Trinajstić information content (AvgIpc) is 2.28. The Labute approximate surface area is 96.6 Å². The van der Waals surface area contributed by atoms with E-state index in [0.717, 1.165) is 0 Å². The van der Waals surface area contributed by atoms with E-state index >= 15 is 0 Å². The summed E-state index contributed by atoms with van der Waals surface area (Å²) in [5.41, 5.74) is 0.576. The second-order valence-electron chi connectivity index (χ2n) is 4.04. The van der Waals surface area contributed by atoms with Crippen molar-refractivity contribution in [3.05, 3.63) is 23.8 Å². The third-order valence-electron chi connectivity index (χ3n) is 2.54. The first-order valence-electron chi connectivity index (χ1n) is 5.33. The van der Waals surface area contributed by atoms with Crippen LogP contribution < -0.4 is 9.47 Å². The SMILES string of the molecule is COc1ccc(C#N)cc1OC(C)C(C)C. The van der Waals surface area contributed by atoms with Crippen molar-refractivity contribution in [1.29, 1.82) is 5.26 Å². The molecule has 0 heterocycles. The van der Waals surface area contributed by atoms with E-state index in [1.54, 1.807) is 25.3 Å². The molecule has 0 aromatic heterocycles. The molecule has 3 heteroatoms. The maximum Gasteiger partial charge on any atom is 0.162 e. The summed E-state index contributed by atoms with van der Waals surface area (Å²) in [6.07, 6.45) is 0.0860. The minimum absolute atomic E-state index is 0.0860. The van der Waals surface area contributed by atoms with Crippen LogP contribution in [0.15, 0.2) is 18.2 Å². The molecule has 0 fully saturated rings. The van der Waals surface area contributed by atoms with Gasteiger partial charge in [0.05, 0.1) is 24.8 Å². The van der Waals surface area contributed by atoms with E-state index in [9.17, 15) is 0 Å². The standard InChI is InChI=1S/C13H17NO2/c1-9(2)10(3)16-13-7-11(8-14)5-6-12(13)15-4/h5-7,9-10H,1-4H3. The predicted molar refractivity (Wildman–Crippen MR) is 62.6 cm³/mol. The Morgan fingerprint density at radius 2 is 1.88 bits per heavy atom. The lowest BCUT2D eigenvalue weighted by Crippen LogP contribution is -2.19. The predicted octanol–water partition coefficient (Wildman–Crippen LogP) is 2.99. The van der Waals surface area contributed by atoms with Gasteiger partial charge in [0, 0.05) is 6.07 Å². The van der Waals surface area contributed by atoms with E-state index in [0.29, 0.717) is 23.0 Å². The summed E-state index contributed by atoms with van der Waals surface area (Å²) >= 11 is 0. The molecule has 0 saturated carbocycles. The maximum atomic E-state index is 8.82. The van der Waals surface area contributed by atoms with Crippen LogP contribution in [0.2, 0.25) is 0 Å². The van der Waals surface area contributed by atoms with Crippen molar-refractivity contribution in [3.8, 4) is 17.6 Å². The Balaban J connectivity index is 2.96. The van der Waals surface area contributed by atoms with Crippen LogP contribution in [0.1, 0.15) is 26.3 Å². The number of hydrogen-bond acceptors (Lipinski definition) is 3. The zero-order valence-electron chi connectivity index (χ0n) is 10.2. The van der Waals surface area contributed by atoms with Crippen LogP contribution in [-0.2, 0) is 0 Å². The molecular weight excluding hydrogens is 202 g/mol. The van der Waals surface area contributed by atoms with E-state index in [1.165, 1.54) is 0 Å². The molecule has 1 aromatic carbocycles. The highest BCUT2D eigenvalue weighted by molar-refractivity contribution is 5.46. The molecule has 0 N–H and O–H groups in total. The van der Waals surface area contributed by atoms with E-state index in [2.05, 4.69) is 19.9 Å². The third-order valence-corrected chi connectivity index (χ3v) is 2.54. The number of hydrogen-bond donors (Lipinski definition) is 0. The normalized spacial score (nSPS) is 12.0. The van der Waals surface area contributed by atoms with Crippen LogP contribution >= 0.6 is 0 Å². The molecule has 86 valence electrons. The monoisotopic (exact) mass is 219 g/mol. The first-order chi connectivity index (χ1) is 7.58. The van der Waals surface area contributed by atoms with Gasteiger partial charge in [0.25, 0.3) is 0 Å². The van der Waals surface area contributed by atoms with Crippen LogP contribution in [0.25, 0.3) is 0 Å². The molecule has 0 spiro atoms. The Kier molecular flexibility index (Phi) is 4.19. The highest BCUT2D eigenvalue weighted by Crippen LogP contribution is 2.29. The Bertz CT molecular complexity index is 393. The molecule has 0 aliphatic carbocycles. The minimum atomic E-state index is 0.0860. The highest BCUT2D eigenvalue weighted by atomic mass is 16.5. The molecule has 1 rings (SSSR count). The number of rotatable bonds is 4. The molecule has 0 radical (unpaired) electrons. The minimum Gasteiger partial charge on any atom is -0.493 e. The topological polar surface area (TPSA) is 42.2 Å². The van der Waals surface area contributed by atoms with Gasteiger partial charge in [0.2, 0.25) is 0 Å². The lowest BCUT2D eigenvalue weighted by molar-refractivity contribution is 0.164. The lowest BCUT2D eigenvalue weighted by Gasteiger charge is -2.19. The van der Waals surface area contributed by atoms with E-state index in [-0.39, 0.29) is 6.10 Å². The molecule has 0 bridgehead atoms. The molecular formula is C13H17NO2. The summed E-state index contributed by atoms with van der Waals surface area (Å²) in [6.45, 7) is 6.18. The lowest BCUT2D eigenvalue weighted by atomic mass is 10.1. The average molecular weight is 219 g/mol. The molecule has 3 nitrogen and oxygen atoms in total. The van der Waals surface area contributed by atoms with Crippen LogP contribution in [0, 0.1) is 17.2 Å². The molecule has 0 aliphatic rings. The van der Waals surface area contributed by atoms with Crippen molar-refractivity contribution in [3.63, 3.8) is 0 Å². The summed E-state index contributed by atoms with van der Waals surface area (Å²) in [6, 6.07) is 7.26. The van der Waals surface area contributed by atoms with Gasteiger partial charge in [-0.3, -0.25) is 0 Å². The second-order valence-corrected chi connectivity index (χ2v) is 4.04. The smallest absolute Gasteiger partial charge is 0.162 e. The summed E-state index contributed by atoms with van der Waals surface area (Å²) in [5, 5.41) is 8.82. The quantitative estimate of drug-likeness (QED) is 0.781. The van der Waals surface area contributed by atoms with Gasteiger partial charge >= 0.3 is 0 Å². The summed E-state index contributed by atoms with van der Waals surface area (Å²) in [4.78, 5) is 0. The fourth-order valence-electron chi connectivity index (χ4n) is 1.17. The van der Waals surface area contributed by atoms with Gasteiger partial charge in [-0.15, -0.1) is 0 Å². The molecule has 1 atom stereocenters. The fraction of sp³-hybridized carbons (Fsp3) is 0.462. The first kappa shape index (κ1) is 12.4. The number of benzene rings is 1. The van der Waals surface area contributed by atoms with E-state index < -0.39 is 0 Å². The summed E-state index contributed by atoms with van der Waals surface area (Å²) < 4.78 is 11.0.